The summed E-state index contributed by atoms with van der Waals surface area (Å²) in [5.41, 5.74) is 2.97. The van der Waals surface area contributed by atoms with E-state index in [1.54, 1.807) is 25.4 Å². The zero-order valence-electron chi connectivity index (χ0n) is 21.1. The lowest BCUT2D eigenvalue weighted by molar-refractivity contribution is -0.141. The summed E-state index contributed by atoms with van der Waals surface area (Å²) in [6.07, 6.45) is 3.33. The van der Waals surface area contributed by atoms with Crippen molar-refractivity contribution in [2.45, 2.75) is 52.8 Å². The molecule has 1 aliphatic heterocycles. The molecule has 2 heterocycles. The number of rotatable bonds is 6. The van der Waals surface area contributed by atoms with Gasteiger partial charge in [-0.3, -0.25) is 14.6 Å². The lowest BCUT2D eigenvalue weighted by Gasteiger charge is -2.41. The first-order valence-electron chi connectivity index (χ1n) is 12.2. The van der Waals surface area contributed by atoms with Gasteiger partial charge in [0.1, 0.15) is 11.6 Å². The van der Waals surface area contributed by atoms with Crippen molar-refractivity contribution in [2.24, 2.45) is 5.41 Å². The molecule has 188 valence electrons. The normalized spacial score (nSPS) is 16.1. The fraction of sp³-hybridized carbons (Fsp3) is 0.345. The van der Waals surface area contributed by atoms with E-state index in [9.17, 15) is 14.0 Å². The average Bonchev–Trinajstić information content (AvgIpc) is 2.86. The van der Waals surface area contributed by atoms with Crippen LogP contribution in [0, 0.1) is 11.2 Å². The lowest BCUT2D eigenvalue weighted by Crippen LogP contribution is -2.45. The maximum absolute atomic E-state index is 14.2. The Morgan fingerprint density at radius 3 is 2.67 bits per heavy atom. The molecule has 2 aromatic carbocycles. The number of aromatic nitrogens is 1. The molecule has 2 atom stereocenters. The molecule has 1 N–H and O–H groups in total. The molecule has 0 saturated carbocycles. The first-order chi connectivity index (χ1) is 17.1. The zero-order chi connectivity index (χ0) is 25.9. The molecule has 0 bridgehead atoms. The van der Waals surface area contributed by atoms with Crippen LogP contribution in [-0.4, -0.2) is 34.3 Å². The standard InChI is InChI=1S/C29H32FN3O3/c1-19(27(34)32-18-20-7-6-13-31-17-20)36-24-11-10-21-12-14-33(28(35)29(2,3)4)26(25(21)16-24)22-8-5-9-23(30)15-22/h5-11,13,15-17,19,26H,12,14,18H2,1-4H3,(H,32,34). The third-order valence-electron chi connectivity index (χ3n) is 6.28. The van der Waals surface area contributed by atoms with Crippen molar-refractivity contribution in [1.82, 2.24) is 15.2 Å². The Balaban J connectivity index is 1.59. The number of carbonyl (C=O) groups is 2. The van der Waals surface area contributed by atoms with Crippen molar-refractivity contribution in [3.05, 3.63) is 95.1 Å². The number of fused-ring (bicyclic) bond motifs is 1. The highest BCUT2D eigenvalue weighted by atomic mass is 19.1. The van der Waals surface area contributed by atoms with Crippen LogP contribution in [0.5, 0.6) is 5.75 Å². The van der Waals surface area contributed by atoms with Crippen molar-refractivity contribution in [1.29, 1.82) is 0 Å². The van der Waals surface area contributed by atoms with E-state index in [0.717, 1.165) is 16.7 Å². The SMILES string of the molecule is CC(Oc1ccc2c(c1)C(c1cccc(F)c1)N(C(=O)C(C)(C)C)CC2)C(=O)NCc1cccnc1. The third-order valence-corrected chi connectivity index (χ3v) is 6.28. The quantitative estimate of drug-likeness (QED) is 0.539. The monoisotopic (exact) mass is 489 g/mol. The fourth-order valence-corrected chi connectivity index (χ4v) is 4.45. The first-order valence-corrected chi connectivity index (χ1v) is 12.2. The highest BCUT2D eigenvalue weighted by Crippen LogP contribution is 2.39. The first kappa shape index (κ1) is 25.4. The highest BCUT2D eigenvalue weighted by molar-refractivity contribution is 5.83. The van der Waals surface area contributed by atoms with Crippen LogP contribution in [0.4, 0.5) is 4.39 Å². The predicted molar refractivity (Wildman–Crippen MR) is 136 cm³/mol. The smallest absolute Gasteiger partial charge is 0.261 e. The Bertz CT molecular complexity index is 1240. The molecule has 3 aromatic rings. The van der Waals surface area contributed by atoms with Gasteiger partial charge in [-0.05, 0) is 65.9 Å². The van der Waals surface area contributed by atoms with Crippen molar-refractivity contribution < 1.29 is 18.7 Å². The Hall–Kier alpha value is -3.74. The summed E-state index contributed by atoms with van der Waals surface area (Å²) in [4.78, 5) is 31.9. The van der Waals surface area contributed by atoms with Crippen LogP contribution in [-0.2, 0) is 22.6 Å². The lowest BCUT2D eigenvalue weighted by atomic mass is 9.85. The molecule has 36 heavy (non-hydrogen) atoms. The summed E-state index contributed by atoms with van der Waals surface area (Å²) < 4.78 is 20.2. The maximum Gasteiger partial charge on any atom is 0.261 e. The number of amides is 2. The van der Waals surface area contributed by atoms with Gasteiger partial charge in [-0.25, -0.2) is 4.39 Å². The summed E-state index contributed by atoms with van der Waals surface area (Å²) in [5.74, 6) is -0.0852. The molecule has 0 saturated heterocycles. The van der Waals surface area contributed by atoms with E-state index in [0.29, 0.717) is 30.8 Å². The van der Waals surface area contributed by atoms with E-state index in [1.165, 1.54) is 12.1 Å². The van der Waals surface area contributed by atoms with Crippen LogP contribution in [0.2, 0.25) is 0 Å². The minimum atomic E-state index is -0.733. The number of hydrogen-bond acceptors (Lipinski definition) is 4. The van der Waals surface area contributed by atoms with Crippen LogP contribution in [0.1, 0.15) is 56.0 Å². The molecule has 0 aliphatic carbocycles. The number of nitrogens with zero attached hydrogens (tertiary/aromatic N) is 2. The van der Waals surface area contributed by atoms with Crippen LogP contribution >= 0.6 is 0 Å². The van der Waals surface area contributed by atoms with Gasteiger partial charge in [-0.1, -0.05) is 45.0 Å². The molecular weight excluding hydrogens is 457 g/mol. The van der Waals surface area contributed by atoms with E-state index < -0.39 is 17.6 Å². The number of halogens is 1. The van der Waals surface area contributed by atoms with Crippen LogP contribution in [0.3, 0.4) is 0 Å². The van der Waals surface area contributed by atoms with E-state index in [4.69, 9.17) is 4.74 Å². The summed E-state index contributed by atoms with van der Waals surface area (Å²) in [5, 5.41) is 2.86. The zero-order valence-corrected chi connectivity index (χ0v) is 21.1. The summed E-state index contributed by atoms with van der Waals surface area (Å²) in [7, 11) is 0. The van der Waals surface area contributed by atoms with E-state index in [-0.39, 0.29) is 17.6 Å². The molecule has 0 fully saturated rings. The van der Waals surface area contributed by atoms with Gasteiger partial charge < -0.3 is 15.0 Å². The van der Waals surface area contributed by atoms with Gasteiger partial charge in [0.15, 0.2) is 6.10 Å². The fourth-order valence-electron chi connectivity index (χ4n) is 4.45. The van der Waals surface area contributed by atoms with Crippen molar-refractivity contribution >= 4 is 11.8 Å². The number of hydrogen-bond donors (Lipinski definition) is 1. The van der Waals surface area contributed by atoms with Crippen LogP contribution < -0.4 is 10.1 Å². The molecular formula is C29H32FN3O3. The number of pyridine rings is 1. The number of nitrogens with one attached hydrogen (secondary N) is 1. The Morgan fingerprint density at radius 2 is 1.97 bits per heavy atom. The second-order valence-corrected chi connectivity index (χ2v) is 10.2. The van der Waals surface area contributed by atoms with Gasteiger partial charge in [-0.2, -0.15) is 0 Å². The van der Waals surface area contributed by atoms with Gasteiger partial charge in [0, 0.05) is 30.9 Å². The Labute approximate surface area is 211 Å². The van der Waals surface area contributed by atoms with E-state index in [2.05, 4.69) is 10.3 Å². The molecule has 4 rings (SSSR count). The van der Waals surface area contributed by atoms with Crippen molar-refractivity contribution in [2.75, 3.05) is 6.54 Å². The topological polar surface area (TPSA) is 71.5 Å². The molecule has 0 spiro atoms. The highest BCUT2D eigenvalue weighted by Gasteiger charge is 2.37. The summed E-state index contributed by atoms with van der Waals surface area (Å²) in [6.45, 7) is 8.25. The van der Waals surface area contributed by atoms with Crippen LogP contribution in [0.15, 0.2) is 67.0 Å². The van der Waals surface area contributed by atoms with E-state index >= 15 is 0 Å². The van der Waals surface area contributed by atoms with Crippen molar-refractivity contribution in [3.63, 3.8) is 0 Å². The van der Waals surface area contributed by atoms with Crippen LogP contribution in [0.25, 0.3) is 0 Å². The minimum Gasteiger partial charge on any atom is -0.481 e. The molecule has 2 amide bonds. The summed E-state index contributed by atoms with van der Waals surface area (Å²) >= 11 is 0. The Morgan fingerprint density at radius 1 is 1.17 bits per heavy atom. The van der Waals surface area contributed by atoms with Gasteiger partial charge in [0.2, 0.25) is 5.91 Å². The molecule has 6 nitrogen and oxygen atoms in total. The number of ether oxygens (including phenoxy) is 1. The summed E-state index contributed by atoms with van der Waals surface area (Å²) in [6, 6.07) is 15.3. The van der Waals surface area contributed by atoms with Crippen molar-refractivity contribution in [3.8, 4) is 5.75 Å². The largest absolute Gasteiger partial charge is 0.481 e. The second-order valence-electron chi connectivity index (χ2n) is 10.2. The molecule has 1 aliphatic rings. The van der Waals surface area contributed by atoms with Gasteiger partial charge in [-0.15, -0.1) is 0 Å². The third kappa shape index (κ3) is 5.73. The molecule has 0 radical (unpaired) electrons. The van der Waals surface area contributed by atoms with Gasteiger partial charge in [0.05, 0.1) is 6.04 Å². The predicted octanol–water partition coefficient (Wildman–Crippen LogP) is 4.82. The molecule has 1 aromatic heterocycles. The average molecular weight is 490 g/mol. The maximum atomic E-state index is 14.2. The van der Waals surface area contributed by atoms with Gasteiger partial charge in [0.25, 0.3) is 5.91 Å². The molecule has 7 heteroatoms. The minimum absolute atomic E-state index is 0.00289. The van der Waals surface area contributed by atoms with E-state index in [1.807, 2.05) is 62.1 Å². The Kier molecular flexibility index (Phi) is 7.38. The molecule has 2 unspecified atom stereocenters. The van der Waals surface area contributed by atoms with Gasteiger partial charge >= 0.3 is 0 Å². The number of carbonyl (C=O) groups excluding carboxylic acids is 2. The number of benzene rings is 2. The second kappa shape index (κ2) is 10.5.